The highest BCUT2D eigenvalue weighted by Crippen LogP contribution is 1.90. The van der Waals surface area contributed by atoms with E-state index in [1.54, 1.807) is 18.2 Å². The predicted octanol–water partition coefficient (Wildman–Crippen LogP) is 1.89. The molecule has 0 radical (unpaired) electrons. The third-order valence-electron chi connectivity index (χ3n) is 1.13. The van der Waals surface area contributed by atoms with Gasteiger partial charge in [0.05, 0.1) is 0 Å². The van der Waals surface area contributed by atoms with Crippen LogP contribution in [-0.4, -0.2) is 11.7 Å². The molecule has 0 saturated heterocycles. The van der Waals surface area contributed by atoms with Crippen molar-refractivity contribution in [2.75, 3.05) is 6.61 Å². The van der Waals surface area contributed by atoms with Crippen molar-refractivity contribution in [1.29, 1.82) is 0 Å². The minimum Gasteiger partial charge on any atom is -0.396 e. The Morgan fingerprint density at radius 3 is 2.82 bits per heavy atom. The van der Waals surface area contributed by atoms with Crippen LogP contribution in [0.1, 0.15) is 19.3 Å². The van der Waals surface area contributed by atoms with Crippen LogP contribution in [0.5, 0.6) is 0 Å². The van der Waals surface area contributed by atoms with Crippen LogP contribution in [0.2, 0.25) is 0 Å². The zero-order valence-corrected chi connectivity index (χ0v) is 6.71. The van der Waals surface area contributed by atoms with E-state index in [1.165, 1.54) is 0 Å². The molecule has 1 nitrogen and oxygen atoms in total. The largest absolute Gasteiger partial charge is 0.396 e. The molecule has 0 amide bonds. The van der Waals surface area contributed by atoms with Crippen molar-refractivity contribution in [1.82, 2.24) is 0 Å². The predicted molar refractivity (Wildman–Crippen MR) is 48.0 cm³/mol. The molecule has 0 bridgehead atoms. The van der Waals surface area contributed by atoms with E-state index in [4.69, 9.17) is 5.11 Å². The molecule has 0 aliphatic heterocycles. The average Bonchev–Trinajstić information content (AvgIpc) is 2.03. The van der Waals surface area contributed by atoms with Gasteiger partial charge in [-0.15, -0.1) is 0 Å². The van der Waals surface area contributed by atoms with Gasteiger partial charge in [-0.05, 0) is 18.9 Å². The Kier molecular flexibility index (Phi) is 8.18. The molecule has 1 N–H and O–H groups in total. The Morgan fingerprint density at radius 2 is 2.18 bits per heavy atom. The maximum absolute atomic E-state index is 8.43. The summed E-state index contributed by atoms with van der Waals surface area (Å²) in [6.45, 7) is 3.79. The van der Waals surface area contributed by atoms with Crippen molar-refractivity contribution >= 4 is 0 Å². The first kappa shape index (κ1) is 10.0. The fourth-order valence-corrected chi connectivity index (χ4v) is 0.572. The molecule has 0 aromatic rings. The van der Waals surface area contributed by atoms with Crippen LogP contribution < -0.4 is 0 Å². The van der Waals surface area contributed by atoms with Crippen LogP contribution in [0.3, 0.4) is 0 Å². The topological polar surface area (TPSA) is 20.2 Å². The van der Waals surface area contributed by atoms with Crippen LogP contribution >= 0.6 is 0 Å². The fraction of sp³-hybridized carbons (Fsp3) is 0.400. The zero-order valence-electron chi connectivity index (χ0n) is 6.71. The van der Waals surface area contributed by atoms with E-state index in [0.29, 0.717) is 0 Å². The number of aliphatic hydroxyl groups is 1. The summed E-state index contributed by atoms with van der Waals surface area (Å²) in [5.41, 5.74) is 0. The molecule has 0 aliphatic rings. The molecular formula is C10H14O. The molecule has 0 unspecified atom stereocenters. The number of unbranched alkanes of at least 4 members (excludes halogenated alkanes) is 2. The van der Waals surface area contributed by atoms with Gasteiger partial charge in [0, 0.05) is 13.0 Å². The summed E-state index contributed by atoms with van der Waals surface area (Å²) in [5, 5.41) is 8.43. The highest BCUT2D eigenvalue weighted by atomic mass is 16.2. The number of aliphatic hydroxyl groups excluding tert-OH is 1. The highest BCUT2D eigenvalue weighted by molar-refractivity contribution is 5.18. The Labute approximate surface area is 68.4 Å². The van der Waals surface area contributed by atoms with E-state index in [9.17, 15) is 0 Å². The zero-order chi connectivity index (χ0) is 8.36. The van der Waals surface area contributed by atoms with Crippen molar-refractivity contribution in [3.63, 3.8) is 0 Å². The SMILES string of the molecule is C=CC=CC#CCCCCO. The van der Waals surface area contributed by atoms with Crippen molar-refractivity contribution in [3.8, 4) is 11.8 Å². The monoisotopic (exact) mass is 150 g/mol. The van der Waals surface area contributed by atoms with Gasteiger partial charge in [0.1, 0.15) is 0 Å². The maximum Gasteiger partial charge on any atom is 0.0431 e. The third-order valence-corrected chi connectivity index (χ3v) is 1.13. The second-order valence-electron chi connectivity index (χ2n) is 2.10. The first-order valence-corrected chi connectivity index (χ1v) is 3.78. The summed E-state index contributed by atoms with van der Waals surface area (Å²) in [6, 6.07) is 0. The Balaban J connectivity index is 3.25. The van der Waals surface area contributed by atoms with Crippen LogP contribution in [0, 0.1) is 11.8 Å². The summed E-state index contributed by atoms with van der Waals surface area (Å²) < 4.78 is 0. The molecule has 0 saturated carbocycles. The first-order valence-electron chi connectivity index (χ1n) is 3.78. The van der Waals surface area contributed by atoms with Crippen molar-refractivity contribution in [3.05, 3.63) is 24.8 Å². The van der Waals surface area contributed by atoms with E-state index >= 15 is 0 Å². The molecule has 0 atom stereocenters. The second kappa shape index (κ2) is 9.00. The lowest BCUT2D eigenvalue weighted by Gasteiger charge is -1.86. The normalized spacial score (nSPS) is 9.18. The molecule has 0 spiro atoms. The Bertz CT molecular complexity index is 169. The standard InChI is InChI=1S/C10H14O/c1-2-3-4-5-6-7-8-9-10-11/h2-4,11H,1,7-10H2. The number of hydrogen-bond acceptors (Lipinski definition) is 1. The minimum atomic E-state index is 0.268. The van der Waals surface area contributed by atoms with Crippen LogP contribution in [-0.2, 0) is 0 Å². The molecule has 0 rings (SSSR count). The molecule has 0 aromatic carbocycles. The number of rotatable bonds is 4. The van der Waals surface area contributed by atoms with Gasteiger partial charge in [-0.3, -0.25) is 0 Å². The first-order chi connectivity index (χ1) is 5.41. The van der Waals surface area contributed by atoms with Crippen molar-refractivity contribution < 1.29 is 5.11 Å². The smallest absolute Gasteiger partial charge is 0.0431 e. The van der Waals surface area contributed by atoms with E-state index in [-0.39, 0.29) is 6.61 Å². The van der Waals surface area contributed by atoms with Gasteiger partial charge < -0.3 is 5.11 Å². The van der Waals surface area contributed by atoms with Crippen molar-refractivity contribution in [2.45, 2.75) is 19.3 Å². The summed E-state index contributed by atoms with van der Waals surface area (Å²) in [5.74, 6) is 5.82. The van der Waals surface area contributed by atoms with Crippen LogP contribution in [0.15, 0.2) is 24.8 Å². The van der Waals surface area contributed by atoms with Gasteiger partial charge in [0.25, 0.3) is 0 Å². The maximum atomic E-state index is 8.43. The number of hydrogen-bond donors (Lipinski definition) is 1. The molecular weight excluding hydrogens is 136 g/mol. The van der Waals surface area contributed by atoms with E-state index < -0.39 is 0 Å². The van der Waals surface area contributed by atoms with E-state index in [2.05, 4.69) is 18.4 Å². The lowest BCUT2D eigenvalue weighted by atomic mass is 10.2. The molecule has 11 heavy (non-hydrogen) atoms. The van der Waals surface area contributed by atoms with Crippen LogP contribution in [0.25, 0.3) is 0 Å². The molecule has 1 heteroatoms. The fourth-order valence-electron chi connectivity index (χ4n) is 0.572. The lowest BCUT2D eigenvalue weighted by molar-refractivity contribution is 0.285. The highest BCUT2D eigenvalue weighted by Gasteiger charge is 1.79. The van der Waals surface area contributed by atoms with Gasteiger partial charge in [0.2, 0.25) is 0 Å². The second-order valence-corrected chi connectivity index (χ2v) is 2.10. The van der Waals surface area contributed by atoms with Crippen LogP contribution in [0.4, 0.5) is 0 Å². The quantitative estimate of drug-likeness (QED) is 0.368. The van der Waals surface area contributed by atoms with Crippen molar-refractivity contribution in [2.24, 2.45) is 0 Å². The molecule has 0 heterocycles. The van der Waals surface area contributed by atoms with Gasteiger partial charge in [-0.25, -0.2) is 0 Å². The average molecular weight is 150 g/mol. The molecule has 60 valence electrons. The van der Waals surface area contributed by atoms with Gasteiger partial charge >= 0.3 is 0 Å². The van der Waals surface area contributed by atoms with Gasteiger partial charge in [0.15, 0.2) is 0 Å². The van der Waals surface area contributed by atoms with Gasteiger partial charge in [-0.2, -0.15) is 0 Å². The number of allylic oxidation sites excluding steroid dienone is 3. The third kappa shape index (κ3) is 9.00. The Hall–Kier alpha value is -1.00. The molecule has 0 aromatic heterocycles. The van der Waals surface area contributed by atoms with Gasteiger partial charge in [-0.1, -0.05) is 30.6 Å². The molecule has 0 fully saturated rings. The lowest BCUT2D eigenvalue weighted by Crippen LogP contribution is -1.80. The summed E-state index contributed by atoms with van der Waals surface area (Å²) >= 11 is 0. The summed E-state index contributed by atoms with van der Waals surface area (Å²) in [6.07, 6.45) is 7.96. The summed E-state index contributed by atoms with van der Waals surface area (Å²) in [4.78, 5) is 0. The Morgan fingerprint density at radius 1 is 1.36 bits per heavy atom. The van der Waals surface area contributed by atoms with E-state index in [1.807, 2.05) is 0 Å². The minimum absolute atomic E-state index is 0.268. The van der Waals surface area contributed by atoms with E-state index in [0.717, 1.165) is 19.3 Å². The molecule has 0 aliphatic carbocycles. The summed E-state index contributed by atoms with van der Waals surface area (Å²) in [7, 11) is 0.